The molecule has 1 aromatic heterocycles. The predicted molar refractivity (Wildman–Crippen MR) is 119 cm³/mol. The second kappa shape index (κ2) is 9.35. The normalized spacial score (nSPS) is 15.8. The number of methoxy groups -OCH3 is 1. The highest BCUT2D eigenvalue weighted by molar-refractivity contribution is 5.98. The summed E-state index contributed by atoms with van der Waals surface area (Å²) < 4.78 is 11.4. The third-order valence-electron chi connectivity index (χ3n) is 6.01. The van der Waals surface area contributed by atoms with Crippen LogP contribution in [0.5, 0.6) is 5.75 Å². The first-order chi connectivity index (χ1) is 14.7. The number of furan rings is 1. The summed E-state index contributed by atoms with van der Waals surface area (Å²) in [7, 11) is 1.62. The van der Waals surface area contributed by atoms with Crippen molar-refractivity contribution < 1.29 is 13.9 Å². The lowest BCUT2D eigenvalue weighted by Gasteiger charge is -2.23. The molecule has 0 saturated heterocycles. The van der Waals surface area contributed by atoms with Crippen LogP contribution >= 0.6 is 0 Å². The van der Waals surface area contributed by atoms with Crippen LogP contribution in [0.2, 0.25) is 0 Å². The third-order valence-corrected chi connectivity index (χ3v) is 6.01. The molecular formula is C25H30N2O3. The fourth-order valence-electron chi connectivity index (χ4n) is 4.23. The van der Waals surface area contributed by atoms with E-state index in [1.54, 1.807) is 7.11 Å². The van der Waals surface area contributed by atoms with Crippen molar-refractivity contribution in [1.29, 1.82) is 0 Å². The number of nitrogens with one attached hydrogen (secondary N) is 2. The van der Waals surface area contributed by atoms with Crippen LogP contribution in [0.3, 0.4) is 0 Å². The lowest BCUT2D eigenvalue weighted by atomic mass is 9.95. The molecule has 1 atom stereocenters. The minimum atomic E-state index is -0.226. The van der Waals surface area contributed by atoms with Gasteiger partial charge in [-0.2, -0.15) is 0 Å². The molecule has 1 aliphatic rings. The zero-order chi connectivity index (χ0) is 20.9. The maximum absolute atomic E-state index is 12.9. The van der Waals surface area contributed by atoms with Gasteiger partial charge in [-0.15, -0.1) is 0 Å². The van der Waals surface area contributed by atoms with Gasteiger partial charge in [0.05, 0.1) is 13.2 Å². The monoisotopic (exact) mass is 406 g/mol. The van der Waals surface area contributed by atoms with E-state index in [-0.39, 0.29) is 11.9 Å². The number of benzene rings is 2. The zero-order valence-electron chi connectivity index (χ0n) is 17.7. The molecule has 0 unspecified atom stereocenters. The molecule has 1 amide bonds. The number of rotatable bonds is 7. The summed E-state index contributed by atoms with van der Waals surface area (Å²) in [5, 5.41) is 7.63. The fourth-order valence-corrected chi connectivity index (χ4v) is 4.23. The molecule has 0 radical (unpaired) electrons. The molecule has 1 saturated carbocycles. The maximum Gasteiger partial charge on any atom is 0.287 e. The minimum Gasteiger partial charge on any atom is -0.493 e. The van der Waals surface area contributed by atoms with Crippen molar-refractivity contribution in [2.45, 2.75) is 57.7 Å². The van der Waals surface area contributed by atoms with Crippen molar-refractivity contribution >= 4 is 16.9 Å². The summed E-state index contributed by atoms with van der Waals surface area (Å²) in [5.41, 5.74) is 2.80. The second-order valence-corrected chi connectivity index (χ2v) is 8.10. The largest absolute Gasteiger partial charge is 0.493 e. The van der Waals surface area contributed by atoms with E-state index in [4.69, 9.17) is 9.15 Å². The molecule has 1 aliphatic carbocycles. The van der Waals surface area contributed by atoms with Crippen LogP contribution < -0.4 is 15.4 Å². The predicted octanol–water partition coefficient (Wildman–Crippen LogP) is 5.35. The molecule has 0 spiro atoms. The Bertz CT molecular complexity index is 990. The quantitative estimate of drug-likeness (QED) is 0.555. The molecule has 1 heterocycles. The average Bonchev–Trinajstić information content (AvgIpc) is 3.25. The van der Waals surface area contributed by atoms with Crippen molar-refractivity contribution in [3.63, 3.8) is 0 Å². The zero-order valence-corrected chi connectivity index (χ0v) is 17.7. The number of amides is 1. The molecule has 30 heavy (non-hydrogen) atoms. The van der Waals surface area contributed by atoms with Crippen LogP contribution in [0.25, 0.3) is 11.0 Å². The smallest absolute Gasteiger partial charge is 0.287 e. The molecule has 0 aliphatic heterocycles. The molecule has 2 aromatic carbocycles. The highest BCUT2D eigenvalue weighted by Crippen LogP contribution is 2.32. The van der Waals surface area contributed by atoms with E-state index >= 15 is 0 Å². The molecule has 4 rings (SSSR count). The van der Waals surface area contributed by atoms with Gasteiger partial charge in [0.25, 0.3) is 5.91 Å². The van der Waals surface area contributed by atoms with E-state index in [0.717, 1.165) is 23.1 Å². The van der Waals surface area contributed by atoms with E-state index in [9.17, 15) is 4.79 Å². The van der Waals surface area contributed by atoms with Gasteiger partial charge in [-0.3, -0.25) is 4.79 Å². The summed E-state index contributed by atoms with van der Waals surface area (Å²) in [6.45, 7) is 2.72. The number of hydrogen-bond donors (Lipinski definition) is 2. The third kappa shape index (κ3) is 4.51. The summed E-state index contributed by atoms with van der Waals surface area (Å²) in [4.78, 5) is 12.9. The van der Waals surface area contributed by atoms with Gasteiger partial charge in [0.15, 0.2) is 17.1 Å². The Hall–Kier alpha value is -2.79. The van der Waals surface area contributed by atoms with Crippen molar-refractivity contribution in [3.8, 4) is 5.75 Å². The summed E-state index contributed by atoms with van der Waals surface area (Å²) in [6.07, 6.45) is 6.40. The van der Waals surface area contributed by atoms with Crippen molar-refractivity contribution in [3.05, 3.63) is 65.4 Å². The lowest BCUT2D eigenvalue weighted by Crippen LogP contribution is -2.30. The van der Waals surface area contributed by atoms with Gasteiger partial charge in [-0.1, -0.05) is 55.7 Å². The SMILES string of the molecule is COc1ccc(CNC2CCCCC2)c2cc(C(=O)N[C@@H](C)c3ccccc3)oc12. The Morgan fingerprint density at radius 2 is 1.90 bits per heavy atom. The van der Waals surface area contributed by atoms with Gasteiger partial charge in [0, 0.05) is 18.0 Å². The van der Waals surface area contributed by atoms with Crippen LogP contribution in [0.15, 0.2) is 52.9 Å². The average molecular weight is 407 g/mol. The van der Waals surface area contributed by atoms with E-state index < -0.39 is 0 Å². The number of carbonyl (C=O) groups excluding carboxylic acids is 1. The molecule has 2 N–H and O–H groups in total. The second-order valence-electron chi connectivity index (χ2n) is 8.10. The van der Waals surface area contributed by atoms with Gasteiger partial charge >= 0.3 is 0 Å². The highest BCUT2D eigenvalue weighted by atomic mass is 16.5. The first-order valence-electron chi connectivity index (χ1n) is 10.8. The van der Waals surface area contributed by atoms with Gasteiger partial charge in [0.1, 0.15) is 0 Å². The molecule has 5 nitrogen and oxygen atoms in total. The van der Waals surface area contributed by atoms with Crippen LogP contribution in [0.1, 0.15) is 66.8 Å². The van der Waals surface area contributed by atoms with Crippen LogP contribution in [0.4, 0.5) is 0 Å². The Labute approximate surface area is 177 Å². The van der Waals surface area contributed by atoms with Gasteiger partial charge in [0.2, 0.25) is 0 Å². The number of carbonyl (C=O) groups is 1. The number of fused-ring (bicyclic) bond motifs is 1. The lowest BCUT2D eigenvalue weighted by molar-refractivity contribution is 0.0914. The van der Waals surface area contributed by atoms with Crippen molar-refractivity contribution in [2.75, 3.05) is 7.11 Å². The Balaban J connectivity index is 1.54. The van der Waals surface area contributed by atoms with Crippen LogP contribution in [-0.2, 0) is 6.54 Å². The first-order valence-corrected chi connectivity index (χ1v) is 10.8. The number of hydrogen-bond acceptors (Lipinski definition) is 4. The van der Waals surface area contributed by atoms with E-state index in [1.807, 2.05) is 49.4 Å². The van der Waals surface area contributed by atoms with Gasteiger partial charge < -0.3 is 19.8 Å². The Kier molecular flexibility index (Phi) is 6.38. The summed E-state index contributed by atoms with van der Waals surface area (Å²) in [5.74, 6) is 0.716. The van der Waals surface area contributed by atoms with E-state index in [2.05, 4.69) is 16.7 Å². The molecule has 5 heteroatoms. The topological polar surface area (TPSA) is 63.5 Å². The molecule has 158 valence electrons. The Morgan fingerprint density at radius 1 is 1.13 bits per heavy atom. The standard InChI is InChI=1S/C25H30N2O3/c1-17(18-9-5-3-6-10-18)27-25(28)23-15-21-19(13-14-22(29-2)24(21)30-23)16-26-20-11-7-4-8-12-20/h3,5-6,9-10,13-15,17,20,26H,4,7-8,11-12,16H2,1-2H3,(H,27,28)/t17-/m0/s1. The first kappa shape index (κ1) is 20.5. The van der Waals surface area contributed by atoms with Gasteiger partial charge in [-0.05, 0) is 43.0 Å². The van der Waals surface area contributed by atoms with Crippen LogP contribution in [0, 0.1) is 0 Å². The van der Waals surface area contributed by atoms with Crippen molar-refractivity contribution in [2.24, 2.45) is 0 Å². The molecule has 3 aromatic rings. The Morgan fingerprint density at radius 3 is 2.63 bits per heavy atom. The van der Waals surface area contributed by atoms with E-state index in [0.29, 0.717) is 23.1 Å². The molecular weight excluding hydrogens is 376 g/mol. The van der Waals surface area contributed by atoms with Crippen molar-refractivity contribution in [1.82, 2.24) is 10.6 Å². The summed E-state index contributed by atoms with van der Waals surface area (Å²) >= 11 is 0. The van der Waals surface area contributed by atoms with E-state index in [1.165, 1.54) is 32.1 Å². The van der Waals surface area contributed by atoms with Crippen LogP contribution in [-0.4, -0.2) is 19.1 Å². The molecule has 0 bridgehead atoms. The number of ether oxygens (including phenoxy) is 1. The highest BCUT2D eigenvalue weighted by Gasteiger charge is 2.20. The minimum absolute atomic E-state index is 0.110. The molecule has 1 fully saturated rings. The van der Waals surface area contributed by atoms with Gasteiger partial charge in [-0.25, -0.2) is 0 Å². The maximum atomic E-state index is 12.9. The summed E-state index contributed by atoms with van der Waals surface area (Å²) in [6, 6.07) is 16.2. The fraction of sp³-hybridized carbons (Fsp3) is 0.400.